The zero-order valence-corrected chi connectivity index (χ0v) is 11.5. The van der Waals surface area contributed by atoms with Crippen LogP contribution >= 0.6 is 0 Å². The molecule has 0 spiro atoms. The van der Waals surface area contributed by atoms with Crippen LogP contribution in [0.1, 0.15) is 47.3 Å². The number of aryl methyl sites for hydroxylation is 3. The van der Waals surface area contributed by atoms with E-state index in [4.69, 9.17) is 5.73 Å². The minimum absolute atomic E-state index is 0.0775. The molecule has 94 valence electrons. The Kier molecular flexibility index (Phi) is 4.47. The van der Waals surface area contributed by atoms with Gasteiger partial charge in [-0.25, -0.2) is 0 Å². The number of nitrogens with two attached hydrogens (primary N) is 1. The zero-order valence-electron chi connectivity index (χ0n) is 11.5. The average Bonchev–Trinajstić information content (AvgIpc) is 2.14. The summed E-state index contributed by atoms with van der Waals surface area (Å²) in [4.78, 5) is 12.3. The Hall–Kier alpha value is -1.15. The number of rotatable bonds is 4. The highest BCUT2D eigenvalue weighted by Gasteiger charge is 2.20. The molecule has 0 heterocycles. The molecule has 0 amide bonds. The van der Waals surface area contributed by atoms with Crippen molar-refractivity contribution in [2.45, 2.75) is 47.1 Å². The highest BCUT2D eigenvalue weighted by molar-refractivity contribution is 6.02. The summed E-state index contributed by atoms with van der Waals surface area (Å²) in [5.41, 5.74) is 10.0. The van der Waals surface area contributed by atoms with E-state index in [1.54, 1.807) is 0 Å². The van der Waals surface area contributed by atoms with Gasteiger partial charge >= 0.3 is 0 Å². The van der Waals surface area contributed by atoms with E-state index in [-0.39, 0.29) is 11.8 Å². The molecule has 2 nitrogen and oxygen atoms in total. The molecule has 0 saturated carbocycles. The topological polar surface area (TPSA) is 43.1 Å². The van der Waals surface area contributed by atoms with Crippen LogP contribution in [-0.4, -0.2) is 11.8 Å². The van der Waals surface area contributed by atoms with Gasteiger partial charge in [-0.15, -0.1) is 0 Å². The van der Waals surface area contributed by atoms with Gasteiger partial charge in [0.2, 0.25) is 0 Å². The maximum absolute atomic E-state index is 12.3. The lowest BCUT2D eigenvalue weighted by Gasteiger charge is -2.16. The van der Waals surface area contributed by atoms with Gasteiger partial charge < -0.3 is 5.73 Å². The van der Waals surface area contributed by atoms with Gasteiger partial charge in [-0.1, -0.05) is 31.5 Å². The first-order valence-corrected chi connectivity index (χ1v) is 6.20. The summed E-state index contributed by atoms with van der Waals surface area (Å²) >= 11 is 0. The second-order valence-electron chi connectivity index (χ2n) is 5.37. The molecule has 1 aromatic rings. The maximum Gasteiger partial charge on any atom is 0.180 e. The van der Waals surface area contributed by atoms with Crippen LogP contribution < -0.4 is 5.73 Å². The molecule has 2 N–H and O–H groups in total. The van der Waals surface area contributed by atoms with Crippen molar-refractivity contribution in [1.29, 1.82) is 0 Å². The second kappa shape index (κ2) is 5.46. The highest BCUT2D eigenvalue weighted by Crippen LogP contribution is 2.19. The maximum atomic E-state index is 12.3. The predicted octanol–water partition coefficient (Wildman–Crippen LogP) is 3.17. The third kappa shape index (κ3) is 3.40. The van der Waals surface area contributed by atoms with Crippen LogP contribution in [-0.2, 0) is 0 Å². The first-order valence-electron chi connectivity index (χ1n) is 6.20. The molecule has 0 saturated heterocycles. The molecule has 0 bridgehead atoms. The van der Waals surface area contributed by atoms with E-state index < -0.39 is 0 Å². The molecule has 0 aromatic heterocycles. The highest BCUT2D eigenvalue weighted by atomic mass is 16.1. The molecule has 0 fully saturated rings. The van der Waals surface area contributed by atoms with Crippen molar-refractivity contribution < 1.29 is 4.79 Å². The van der Waals surface area contributed by atoms with E-state index >= 15 is 0 Å². The van der Waals surface area contributed by atoms with E-state index in [1.165, 1.54) is 5.56 Å². The molecule has 17 heavy (non-hydrogen) atoms. The molecular weight excluding hydrogens is 210 g/mol. The Morgan fingerprint density at radius 2 is 1.65 bits per heavy atom. The largest absolute Gasteiger partial charge is 0.321 e. The Balaban J connectivity index is 3.04. The molecule has 0 aliphatic heterocycles. The monoisotopic (exact) mass is 233 g/mol. The van der Waals surface area contributed by atoms with Crippen LogP contribution in [0.2, 0.25) is 0 Å². The van der Waals surface area contributed by atoms with Crippen LogP contribution in [0.3, 0.4) is 0 Å². The number of ketones is 1. The summed E-state index contributed by atoms with van der Waals surface area (Å²) in [6, 6.07) is 3.71. The van der Waals surface area contributed by atoms with Gasteiger partial charge in [0.25, 0.3) is 0 Å². The number of carbonyl (C=O) groups is 1. The van der Waals surface area contributed by atoms with E-state index in [1.807, 2.05) is 32.9 Å². The lowest BCUT2D eigenvalue weighted by Crippen LogP contribution is -2.32. The van der Waals surface area contributed by atoms with Gasteiger partial charge in [-0.05, 0) is 44.2 Å². The van der Waals surface area contributed by atoms with E-state index in [9.17, 15) is 4.79 Å². The summed E-state index contributed by atoms with van der Waals surface area (Å²) < 4.78 is 0. The van der Waals surface area contributed by atoms with Crippen LogP contribution in [0.5, 0.6) is 0 Å². The molecular formula is C15H23NO. The number of hydrogen-bond donors (Lipinski definition) is 1. The van der Waals surface area contributed by atoms with E-state index in [0.29, 0.717) is 5.92 Å². The second-order valence-corrected chi connectivity index (χ2v) is 5.37. The third-order valence-electron chi connectivity index (χ3n) is 2.99. The van der Waals surface area contributed by atoms with Crippen molar-refractivity contribution >= 4 is 5.78 Å². The summed E-state index contributed by atoms with van der Waals surface area (Å²) in [6.07, 6.45) is 0.742. The molecule has 0 aliphatic carbocycles. The molecule has 2 heteroatoms. The van der Waals surface area contributed by atoms with Crippen LogP contribution in [0.15, 0.2) is 12.1 Å². The van der Waals surface area contributed by atoms with Gasteiger partial charge in [-0.2, -0.15) is 0 Å². The fourth-order valence-electron chi connectivity index (χ4n) is 2.37. The quantitative estimate of drug-likeness (QED) is 0.812. The minimum atomic E-state index is -0.380. The number of benzene rings is 1. The Bertz CT molecular complexity index is 398. The lowest BCUT2D eigenvalue weighted by molar-refractivity contribution is 0.0950. The average molecular weight is 233 g/mol. The summed E-state index contributed by atoms with van der Waals surface area (Å²) in [6.45, 7) is 10.2. The minimum Gasteiger partial charge on any atom is -0.321 e. The van der Waals surface area contributed by atoms with Crippen LogP contribution in [0.4, 0.5) is 0 Å². The van der Waals surface area contributed by atoms with Crippen molar-refractivity contribution in [3.63, 3.8) is 0 Å². The van der Waals surface area contributed by atoms with Crippen molar-refractivity contribution in [1.82, 2.24) is 0 Å². The smallest absolute Gasteiger partial charge is 0.180 e. The molecule has 0 radical (unpaired) electrons. The Labute approximate surface area is 104 Å². The van der Waals surface area contributed by atoms with Gasteiger partial charge in [0, 0.05) is 5.56 Å². The Morgan fingerprint density at radius 3 is 2.06 bits per heavy atom. The number of hydrogen-bond acceptors (Lipinski definition) is 2. The lowest BCUT2D eigenvalue weighted by atomic mass is 9.90. The van der Waals surface area contributed by atoms with Crippen molar-refractivity contribution in [2.24, 2.45) is 11.7 Å². The standard InChI is InChI=1S/C15H23NO/c1-9(2)6-13(16)15(17)14-11(4)7-10(3)8-12(14)5/h7-9,13H,6,16H2,1-5H3. The van der Waals surface area contributed by atoms with E-state index in [0.717, 1.165) is 23.1 Å². The molecule has 1 aromatic carbocycles. The van der Waals surface area contributed by atoms with E-state index in [2.05, 4.69) is 13.8 Å². The third-order valence-corrected chi connectivity index (χ3v) is 2.99. The zero-order chi connectivity index (χ0) is 13.2. The van der Waals surface area contributed by atoms with Gasteiger partial charge in [0.05, 0.1) is 6.04 Å². The van der Waals surface area contributed by atoms with Crippen LogP contribution in [0, 0.1) is 26.7 Å². The van der Waals surface area contributed by atoms with Crippen molar-refractivity contribution in [3.05, 3.63) is 34.4 Å². The Morgan fingerprint density at radius 1 is 1.18 bits per heavy atom. The fourth-order valence-corrected chi connectivity index (χ4v) is 2.37. The summed E-state index contributed by atoms with van der Waals surface area (Å²) in [5, 5.41) is 0. The summed E-state index contributed by atoms with van der Waals surface area (Å²) in [7, 11) is 0. The molecule has 1 atom stereocenters. The molecule has 1 rings (SSSR count). The summed E-state index contributed by atoms with van der Waals surface area (Å²) in [5.74, 6) is 0.522. The molecule has 1 unspecified atom stereocenters. The predicted molar refractivity (Wildman–Crippen MR) is 72.4 cm³/mol. The number of Topliss-reactive ketones (excluding diaryl/α,β-unsaturated/α-hetero) is 1. The number of carbonyl (C=O) groups excluding carboxylic acids is 1. The van der Waals surface area contributed by atoms with Gasteiger partial charge in [-0.3, -0.25) is 4.79 Å². The normalized spacial score (nSPS) is 12.9. The van der Waals surface area contributed by atoms with Crippen molar-refractivity contribution in [2.75, 3.05) is 0 Å². The van der Waals surface area contributed by atoms with Gasteiger partial charge in [0.15, 0.2) is 5.78 Å². The molecule has 0 aliphatic rings. The SMILES string of the molecule is Cc1cc(C)c(C(=O)C(N)CC(C)C)c(C)c1. The first kappa shape index (κ1) is 13.9. The first-order chi connectivity index (χ1) is 7.82. The van der Waals surface area contributed by atoms with Crippen molar-refractivity contribution in [3.8, 4) is 0 Å². The fraction of sp³-hybridized carbons (Fsp3) is 0.533. The van der Waals surface area contributed by atoms with Gasteiger partial charge in [0.1, 0.15) is 0 Å². The van der Waals surface area contributed by atoms with Crippen LogP contribution in [0.25, 0.3) is 0 Å².